The highest BCUT2D eigenvalue weighted by Gasteiger charge is 2.24. The first-order valence-corrected chi connectivity index (χ1v) is 10.6. The zero-order valence-electron chi connectivity index (χ0n) is 18.5. The molecule has 1 amide bonds. The van der Waals surface area contributed by atoms with Gasteiger partial charge in [0.15, 0.2) is 5.96 Å². The van der Waals surface area contributed by atoms with Crippen LogP contribution in [0.4, 0.5) is 5.69 Å². The van der Waals surface area contributed by atoms with Crippen molar-refractivity contribution in [1.29, 1.82) is 0 Å². The zero-order chi connectivity index (χ0) is 21.3. The number of hydrogen-bond donors (Lipinski definition) is 3. The number of hydrogen-bond acceptors (Lipinski definition) is 3. The molecule has 3 rings (SSSR count). The highest BCUT2D eigenvalue weighted by Crippen LogP contribution is 2.31. The molecule has 0 aliphatic carbocycles. The maximum absolute atomic E-state index is 12.0. The Morgan fingerprint density at radius 1 is 1.16 bits per heavy atom. The molecule has 2 aromatic rings. The Morgan fingerprint density at radius 3 is 2.68 bits per heavy atom. The maximum Gasteiger partial charge on any atom is 0.225 e. The second-order valence-corrected chi connectivity index (χ2v) is 7.98. The molecule has 1 heterocycles. The summed E-state index contributed by atoms with van der Waals surface area (Å²) in [6.45, 7) is 6.35. The van der Waals surface area contributed by atoms with Gasteiger partial charge in [-0.15, -0.1) is 24.0 Å². The van der Waals surface area contributed by atoms with Crippen LogP contribution >= 0.6 is 24.0 Å². The molecule has 0 saturated carbocycles. The van der Waals surface area contributed by atoms with E-state index in [4.69, 9.17) is 4.74 Å². The Bertz CT molecular complexity index is 885. The molecule has 168 valence electrons. The lowest BCUT2D eigenvalue weighted by Crippen LogP contribution is -2.40. The summed E-state index contributed by atoms with van der Waals surface area (Å²) in [7, 11) is 1.75. The van der Waals surface area contributed by atoms with E-state index in [9.17, 15) is 4.79 Å². The fraction of sp³-hybridized carbons (Fsp3) is 0.417. The van der Waals surface area contributed by atoms with Crippen molar-refractivity contribution in [3.8, 4) is 5.75 Å². The number of fused-ring (bicyclic) bond motifs is 1. The van der Waals surface area contributed by atoms with Crippen LogP contribution in [0.3, 0.4) is 0 Å². The molecular formula is C24H33IN4O2. The van der Waals surface area contributed by atoms with Crippen molar-refractivity contribution >= 4 is 41.5 Å². The van der Waals surface area contributed by atoms with Gasteiger partial charge in [0, 0.05) is 43.7 Å². The lowest BCUT2D eigenvalue weighted by atomic mass is 9.90. The number of aliphatic imine (C=N–C) groups is 1. The van der Waals surface area contributed by atoms with Crippen LogP contribution in [0, 0.1) is 5.92 Å². The molecule has 0 bridgehead atoms. The summed E-state index contributed by atoms with van der Waals surface area (Å²) < 4.78 is 5.98. The van der Waals surface area contributed by atoms with Gasteiger partial charge in [0.2, 0.25) is 5.91 Å². The summed E-state index contributed by atoms with van der Waals surface area (Å²) in [5, 5.41) is 9.67. The number of anilines is 1. The van der Waals surface area contributed by atoms with Crippen molar-refractivity contribution in [3.63, 3.8) is 0 Å². The fourth-order valence-corrected chi connectivity index (χ4v) is 3.50. The van der Waals surface area contributed by atoms with Crippen molar-refractivity contribution in [2.45, 2.75) is 39.2 Å². The van der Waals surface area contributed by atoms with Crippen LogP contribution in [0.2, 0.25) is 0 Å². The fourth-order valence-electron chi connectivity index (χ4n) is 3.50. The molecule has 1 unspecified atom stereocenters. The number of ether oxygens (including phenoxy) is 1. The topological polar surface area (TPSA) is 74.8 Å². The molecule has 3 N–H and O–H groups in total. The molecule has 2 aromatic carbocycles. The Morgan fingerprint density at radius 2 is 1.90 bits per heavy atom. The summed E-state index contributed by atoms with van der Waals surface area (Å²) in [5.41, 5.74) is 3.14. The van der Waals surface area contributed by atoms with Gasteiger partial charge in [-0.2, -0.15) is 0 Å². The van der Waals surface area contributed by atoms with Crippen LogP contribution in [0.5, 0.6) is 5.75 Å². The van der Waals surface area contributed by atoms with Crippen molar-refractivity contribution < 1.29 is 9.53 Å². The number of carbonyl (C=O) groups excluding carboxylic acids is 1. The second-order valence-electron chi connectivity index (χ2n) is 7.98. The Labute approximate surface area is 202 Å². The van der Waals surface area contributed by atoms with Gasteiger partial charge in [-0.05, 0) is 30.0 Å². The number of carbonyl (C=O) groups is 1. The largest absolute Gasteiger partial charge is 0.493 e. The summed E-state index contributed by atoms with van der Waals surface area (Å²) in [5.74, 6) is 2.39. The number of halogens is 1. The maximum atomic E-state index is 12.0. The van der Waals surface area contributed by atoms with E-state index in [1.807, 2.05) is 36.4 Å². The molecule has 0 saturated heterocycles. The van der Waals surface area contributed by atoms with Crippen LogP contribution < -0.4 is 20.7 Å². The third-order valence-corrected chi connectivity index (χ3v) is 5.22. The SMILES string of the molecule is CN=C(NCc1ccccc1OCCC(C)C)NCC1CC(=O)Nc2ccccc21.I. The third-order valence-electron chi connectivity index (χ3n) is 5.22. The number of nitrogens with zero attached hydrogens (tertiary/aromatic N) is 1. The summed E-state index contributed by atoms with van der Waals surface area (Å²) in [6, 6.07) is 16.0. The Hall–Kier alpha value is -2.29. The number of nitrogens with one attached hydrogen (secondary N) is 3. The van der Waals surface area contributed by atoms with Gasteiger partial charge in [0.05, 0.1) is 6.61 Å². The van der Waals surface area contributed by atoms with E-state index in [0.29, 0.717) is 38.0 Å². The lowest BCUT2D eigenvalue weighted by Gasteiger charge is -2.26. The van der Waals surface area contributed by atoms with E-state index in [-0.39, 0.29) is 35.8 Å². The first-order valence-electron chi connectivity index (χ1n) is 10.6. The van der Waals surface area contributed by atoms with Crippen molar-refractivity contribution in [2.75, 3.05) is 25.5 Å². The minimum Gasteiger partial charge on any atom is -0.493 e. The molecule has 31 heavy (non-hydrogen) atoms. The molecular weight excluding hydrogens is 503 g/mol. The normalized spacial score (nSPS) is 15.5. The number of amides is 1. The van der Waals surface area contributed by atoms with E-state index >= 15 is 0 Å². The third kappa shape index (κ3) is 7.41. The lowest BCUT2D eigenvalue weighted by molar-refractivity contribution is -0.116. The zero-order valence-corrected chi connectivity index (χ0v) is 20.8. The number of rotatable bonds is 8. The summed E-state index contributed by atoms with van der Waals surface area (Å²) in [6.07, 6.45) is 1.49. The average molecular weight is 536 g/mol. The van der Waals surface area contributed by atoms with E-state index in [1.165, 1.54) is 0 Å². The van der Waals surface area contributed by atoms with Gasteiger partial charge in [0.25, 0.3) is 0 Å². The molecule has 0 radical (unpaired) electrons. The molecule has 1 aliphatic heterocycles. The smallest absolute Gasteiger partial charge is 0.225 e. The van der Waals surface area contributed by atoms with Gasteiger partial charge in [0.1, 0.15) is 5.75 Å². The molecule has 0 spiro atoms. The van der Waals surface area contributed by atoms with Crippen LogP contribution in [0.25, 0.3) is 0 Å². The second kappa shape index (κ2) is 12.5. The monoisotopic (exact) mass is 536 g/mol. The minimum absolute atomic E-state index is 0. The highest BCUT2D eigenvalue weighted by atomic mass is 127. The standard InChI is InChI=1S/C24H32N4O2.HI/c1-17(2)12-13-30-22-11-7-4-8-18(22)15-26-24(25-3)27-16-19-14-23(29)28-21-10-6-5-9-20(19)21;/h4-11,17,19H,12-16H2,1-3H3,(H,28,29)(H2,25,26,27);1H. The van der Waals surface area contributed by atoms with E-state index in [2.05, 4.69) is 46.9 Å². The number of benzene rings is 2. The molecule has 6 nitrogen and oxygen atoms in total. The van der Waals surface area contributed by atoms with Gasteiger partial charge in [-0.25, -0.2) is 0 Å². The Kier molecular flexibility index (Phi) is 10.1. The van der Waals surface area contributed by atoms with Crippen LogP contribution in [-0.2, 0) is 11.3 Å². The van der Waals surface area contributed by atoms with Crippen molar-refractivity contribution in [2.24, 2.45) is 10.9 Å². The van der Waals surface area contributed by atoms with Gasteiger partial charge in [-0.1, -0.05) is 50.2 Å². The first-order chi connectivity index (χ1) is 14.6. The quantitative estimate of drug-likeness (QED) is 0.264. The molecule has 0 aromatic heterocycles. The van der Waals surface area contributed by atoms with Crippen LogP contribution in [0.15, 0.2) is 53.5 Å². The number of guanidine groups is 1. The molecule has 0 fully saturated rings. The van der Waals surface area contributed by atoms with Gasteiger partial charge < -0.3 is 20.7 Å². The highest BCUT2D eigenvalue weighted by molar-refractivity contribution is 14.0. The predicted molar refractivity (Wildman–Crippen MR) is 137 cm³/mol. The number of para-hydroxylation sites is 2. The minimum atomic E-state index is 0. The molecule has 1 aliphatic rings. The summed E-state index contributed by atoms with van der Waals surface area (Å²) in [4.78, 5) is 16.4. The van der Waals surface area contributed by atoms with Crippen LogP contribution in [-0.4, -0.2) is 32.1 Å². The van der Waals surface area contributed by atoms with E-state index in [0.717, 1.165) is 29.0 Å². The Balaban J connectivity index is 0.00000341. The predicted octanol–water partition coefficient (Wildman–Crippen LogP) is 4.52. The first kappa shape index (κ1) is 25.0. The average Bonchev–Trinajstić information content (AvgIpc) is 2.74. The van der Waals surface area contributed by atoms with Crippen LogP contribution in [0.1, 0.15) is 43.7 Å². The molecule has 7 heteroatoms. The summed E-state index contributed by atoms with van der Waals surface area (Å²) >= 11 is 0. The van der Waals surface area contributed by atoms with Crippen molar-refractivity contribution in [3.05, 3.63) is 59.7 Å². The van der Waals surface area contributed by atoms with Crippen molar-refractivity contribution in [1.82, 2.24) is 10.6 Å². The van der Waals surface area contributed by atoms with E-state index in [1.54, 1.807) is 7.05 Å². The van der Waals surface area contributed by atoms with E-state index < -0.39 is 0 Å². The molecule has 1 atom stereocenters. The van der Waals surface area contributed by atoms with Gasteiger partial charge >= 0.3 is 0 Å². The van der Waals surface area contributed by atoms with Gasteiger partial charge in [-0.3, -0.25) is 9.79 Å².